The van der Waals surface area contributed by atoms with Gasteiger partial charge in [0.15, 0.2) is 0 Å². The topological polar surface area (TPSA) is 81.2 Å². The summed E-state index contributed by atoms with van der Waals surface area (Å²) in [7, 11) is 1.30. The molecule has 6 nitrogen and oxygen atoms in total. The monoisotopic (exact) mass is 266 g/mol. The summed E-state index contributed by atoms with van der Waals surface area (Å²) in [6, 6.07) is 0. The molecule has 0 aliphatic rings. The highest BCUT2D eigenvalue weighted by Crippen LogP contribution is 2.03. The maximum Gasteiger partial charge on any atom is 0.333 e. The van der Waals surface area contributed by atoms with Crippen LogP contribution in [0.5, 0.6) is 0 Å². The highest BCUT2D eigenvalue weighted by atomic mass is 16.5. The standard InChI is InChI=1S/C13H18N2O4/c1-5-10(13(18)19-4)6-7-15-12(17)9(3)8(2)11(16)14-15/h6H,5,7H2,1-4H3,(H,14,16). The smallest absolute Gasteiger partial charge is 0.333 e. The number of ether oxygens (including phenoxy) is 1. The Morgan fingerprint density at radius 2 is 1.95 bits per heavy atom. The number of methoxy groups -OCH3 is 1. The maximum absolute atomic E-state index is 11.9. The number of rotatable bonds is 4. The minimum absolute atomic E-state index is 0.132. The lowest BCUT2D eigenvalue weighted by molar-refractivity contribution is -0.136. The number of carbonyl (C=O) groups is 1. The Morgan fingerprint density at radius 1 is 1.32 bits per heavy atom. The van der Waals surface area contributed by atoms with Crippen LogP contribution in [0.4, 0.5) is 0 Å². The number of aromatic nitrogens is 2. The van der Waals surface area contributed by atoms with E-state index in [-0.39, 0.29) is 17.7 Å². The number of nitrogens with one attached hydrogen (secondary N) is 1. The molecule has 0 aliphatic heterocycles. The van der Waals surface area contributed by atoms with Gasteiger partial charge in [0.2, 0.25) is 0 Å². The van der Waals surface area contributed by atoms with Crippen molar-refractivity contribution in [2.75, 3.05) is 7.11 Å². The second kappa shape index (κ2) is 6.17. The zero-order valence-corrected chi connectivity index (χ0v) is 11.6. The Labute approximate surface area is 110 Å². The van der Waals surface area contributed by atoms with Crippen molar-refractivity contribution in [1.29, 1.82) is 0 Å². The van der Waals surface area contributed by atoms with Gasteiger partial charge in [-0.3, -0.25) is 14.7 Å². The van der Waals surface area contributed by atoms with Crippen molar-refractivity contribution >= 4 is 5.97 Å². The first-order valence-corrected chi connectivity index (χ1v) is 6.00. The fraction of sp³-hybridized carbons (Fsp3) is 0.462. The van der Waals surface area contributed by atoms with E-state index in [9.17, 15) is 14.4 Å². The lowest BCUT2D eigenvalue weighted by Gasteiger charge is -2.07. The van der Waals surface area contributed by atoms with Crippen LogP contribution >= 0.6 is 0 Å². The molecule has 0 saturated heterocycles. The van der Waals surface area contributed by atoms with Crippen molar-refractivity contribution in [2.45, 2.75) is 33.7 Å². The third-order valence-electron chi connectivity index (χ3n) is 3.05. The van der Waals surface area contributed by atoms with Crippen LogP contribution in [0.3, 0.4) is 0 Å². The second-order valence-electron chi connectivity index (χ2n) is 4.18. The summed E-state index contributed by atoms with van der Waals surface area (Å²) in [5.41, 5.74) is 0.714. The minimum Gasteiger partial charge on any atom is -0.466 e. The fourth-order valence-corrected chi connectivity index (χ4v) is 1.62. The van der Waals surface area contributed by atoms with Crippen LogP contribution in [0.15, 0.2) is 21.2 Å². The predicted molar refractivity (Wildman–Crippen MR) is 71.2 cm³/mol. The van der Waals surface area contributed by atoms with Crippen molar-refractivity contribution in [3.8, 4) is 0 Å². The first-order valence-electron chi connectivity index (χ1n) is 6.00. The molecule has 0 aliphatic carbocycles. The predicted octanol–water partition coefficient (Wildman–Crippen LogP) is 0.663. The molecule has 1 aromatic rings. The van der Waals surface area contributed by atoms with Gasteiger partial charge in [-0.2, -0.15) is 0 Å². The highest BCUT2D eigenvalue weighted by molar-refractivity contribution is 5.88. The first-order chi connectivity index (χ1) is 8.92. The van der Waals surface area contributed by atoms with Gasteiger partial charge in [-0.15, -0.1) is 0 Å². The van der Waals surface area contributed by atoms with Gasteiger partial charge in [-0.05, 0) is 20.3 Å². The molecule has 0 spiro atoms. The summed E-state index contributed by atoms with van der Waals surface area (Å²) in [4.78, 5) is 34.9. The molecule has 1 heterocycles. The zero-order chi connectivity index (χ0) is 14.6. The Bertz CT molecular complexity index is 623. The average molecular weight is 266 g/mol. The van der Waals surface area contributed by atoms with E-state index in [1.54, 1.807) is 19.9 Å². The van der Waals surface area contributed by atoms with Crippen LogP contribution in [-0.2, 0) is 16.1 Å². The molecular formula is C13H18N2O4. The van der Waals surface area contributed by atoms with Crippen LogP contribution in [0.2, 0.25) is 0 Å². The van der Waals surface area contributed by atoms with E-state index in [4.69, 9.17) is 0 Å². The Kier molecular flexibility index (Phi) is 4.86. The van der Waals surface area contributed by atoms with Gasteiger partial charge in [0.05, 0.1) is 13.7 Å². The molecule has 0 aromatic carbocycles. The van der Waals surface area contributed by atoms with Gasteiger partial charge in [-0.25, -0.2) is 9.48 Å². The van der Waals surface area contributed by atoms with Crippen molar-refractivity contribution in [3.63, 3.8) is 0 Å². The van der Waals surface area contributed by atoms with Crippen molar-refractivity contribution in [3.05, 3.63) is 43.5 Å². The molecule has 0 unspecified atom stereocenters. The van der Waals surface area contributed by atoms with E-state index < -0.39 is 5.97 Å². The van der Waals surface area contributed by atoms with Crippen molar-refractivity contribution in [1.82, 2.24) is 9.78 Å². The van der Waals surface area contributed by atoms with Crippen molar-refractivity contribution in [2.24, 2.45) is 0 Å². The summed E-state index contributed by atoms with van der Waals surface area (Å²) in [6.07, 6.45) is 2.08. The lowest BCUT2D eigenvalue weighted by Crippen LogP contribution is -2.33. The van der Waals surface area contributed by atoms with Gasteiger partial charge in [0.1, 0.15) is 0 Å². The molecule has 0 bridgehead atoms. The third kappa shape index (κ3) is 3.21. The summed E-state index contributed by atoms with van der Waals surface area (Å²) in [6.45, 7) is 5.15. The van der Waals surface area contributed by atoms with E-state index >= 15 is 0 Å². The van der Waals surface area contributed by atoms with E-state index in [1.807, 2.05) is 6.92 Å². The van der Waals surface area contributed by atoms with Gasteiger partial charge in [-0.1, -0.05) is 13.0 Å². The molecule has 0 fully saturated rings. The summed E-state index contributed by atoms with van der Waals surface area (Å²) >= 11 is 0. The van der Waals surface area contributed by atoms with Crippen LogP contribution in [0.1, 0.15) is 24.5 Å². The minimum atomic E-state index is -0.429. The molecular weight excluding hydrogens is 248 g/mol. The summed E-state index contributed by atoms with van der Waals surface area (Å²) in [5, 5.41) is 2.47. The zero-order valence-electron chi connectivity index (χ0n) is 11.6. The second-order valence-corrected chi connectivity index (χ2v) is 4.18. The molecule has 19 heavy (non-hydrogen) atoms. The lowest BCUT2D eigenvalue weighted by atomic mass is 10.2. The summed E-state index contributed by atoms with van der Waals surface area (Å²) < 4.78 is 5.81. The number of H-pyrrole nitrogens is 1. The Morgan fingerprint density at radius 3 is 2.47 bits per heavy atom. The highest BCUT2D eigenvalue weighted by Gasteiger charge is 2.09. The SMILES string of the molecule is CCC(=CCn1[nH]c(=O)c(C)c(C)c1=O)C(=O)OC. The van der Waals surface area contributed by atoms with Crippen molar-refractivity contribution < 1.29 is 9.53 Å². The quantitative estimate of drug-likeness (QED) is 0.641. The number of hydrogen-bond acceptors (Lipinski definition) is 4. The van der Waals surface area contributed by atoms with Gasteiger partial charge in [0.25, 0.3) is 11.1 Å². The Balaban J connectivity index is 3.14. The Hall–Kier alpha value is -2.11. The van der Waals surface area contributed by atoms with Gasteiger partial charge >= 0.3 is 5.97 Å². The molecule has 0 atom stereocenters. The number of aromatic amines is 1. The van der Waals surface area contributed by atoms with Crippen LogP contribution in [0.25, 0.3) is 0 Å². The van der Waals surface area contributed by atoms with E-state index in [1.165, 1.54) is 11.8 Å². The van der Waals surface area contributed by atoms with Crippen LogP contribution < -0.4 is 11.1 Å². The summed E-state index contributed by atoms with van der Waals surface area (Å²) in [5.74, 6) is -0.429. The van der Waals surface area contributed by atoms with Gasteiger partial charge < -0.3 is 4.74 Å². The van der Waals surface area contributed by atoms with Crippen LogP contribution in [-0.4, -0.2) is 22.9 Å². The number of carbonyl (C=O) groups excluding carboxylic acids is 1. The number of hydrogen-bond donors (Lipinski definition) is 1. The third-order valence-corrected chi connectivity index (χ3v) is 3.05. The maximum atomic E-state index is 11.9. The van der Waals surface area contributed by atoms with E-state index in [2.05, 4.69) is 9.84 Å². The van der Waals surface area contributed by atoms with Gasteiger partial charge in [0, 0.05) is 16.7 Å². The first kappa shape index (κ1) is 14.9. The molecule has 6 heteroatoms. The average Bonchev–Trinajstić information content (AvgIpc) is 2.41. The number of nitrogens with zero attached hydrogens (tertiary/aromatic N) is 1. The van der Waals surface area contributed by atoms with Crippen LogP contribution in [0, 0.1) is 13.8 Å². The normalized spacial score (nSPS) is 11.5. The molecule has 104 valence electrons. The van der Waals surface area contributed by atoms with E-state index in [0.29, 0.717) is 23.1 Å². The molecule has 1 aromatic heterocycles. The molecule has 0 radical (unpaired) electrons. The largest absolute Gasteiger partial charge is 0.466 e. The fourth-order valence-electron chi connectivity index (χ4n) is 1.62. The van der Waals surface area contributed by atoms with E-state index in [0.717, 1.165) is 0 Å². The molecule has 1 N–H and O–H groups in total. The molecule has 1 rings (SSSR count). The number of esters is 1. The molecule has 0 saturated carbocycles. The molecule has 0 amide bonds. The number of allylic oxidation sites excluding steroid dienone is 1.